The van der Waals surface area contributed by atoms with E-state index in [1.165, 1.54) is 7.11 Å². The van der Waals surface area contributed by atoms with Crippen LogP contribution < -0.4 is 0 Å². The molecule has 108 valence electrons. The van der Waals surface area contributed by atoms with Gasteiger partial charge in [0.15, 0.2) is 0 Å². The van der Waals surface area contributed by atoms with Crippen molar-refractivity contribution in [2.24, 2.45) is 0 Å². The number of hydrogen-bond acceptors (Lipinski definition) is 3. The summed E-state index contributed by atoms with van der Waals surface area (Å²) >= 11 is 0. The maximum atomic E-state index is 12.3. The van der Waals surface area contributed by atoms with Crippen LogP contribution in [0.3, 0.4) is 0 Å². The molecule has 0 aromatic carbocycles. The van der Waals surface area contributed by atoms with Crippen LogP contribution in [0.15, 0.2) is 23.1 Å². The Hall–Kier alpha value is -1.03. The van der Waals surface area contributed by atoms with E-state index in [0.717, 1.165) is 10.8 Å². The third-order valence-electron chi connectivity index (χ3n) is 3.81. The van der Waals surface area contributed by atoms with E-state index in [-0.39, 0.29) is 16.0 Å². The van der Waals surface area contributed by atoms with Crippen LogP contribution in [0.25, 0.3) is 0 Å². The van der Waals surface area contributed by atoms with Crippen LogP contribution in [-0.4, -0.2) is 21.4 Å². The fourth-order valence-electron chi connectivity index (χ4n) is 3.29. The zero-order valence-electron chi connectivity index (χ0n) is 13.4. The van der Waals surface area contributed by atoms with Crippen LogP contribution in [0.2, 0.25) is 10.1 Å². The van der Waals surface area contributed by atoms with Crippen molar-refractivity contribution < 1.29 is 14.0 Å². The molecule has 0 aliphatic carbocycles. The first kappa shape index (κ1) is 16.0. The smallest absolute Gasteiger partial charge is 0.333 e. The molecule has 4 heteroatoms. The second kappa shape index (κ2) is 4.82. The first-order valence-corrected chi connectivity index (χ1v) is 8.54. The minimum absolute atomic E-state index is 0.110. The molecule has 0 fully saturated rings. The van der Waals surface area contributed by atoms with Gasteiger partial charge in [-0.2, -0.15) is 0 Å². The molecule has 0 saturated heterocycles. The third kappa shape index (κ3) is 2.38. The number of rotatable bonds is 1. The summed E-state index contributed by atoms with van der Waals surface area (Å²) < 4.78 is 11.2. The molecule has 0 N–H and O–H groups in total. The van der Waals surface area contributed by atoms with Gasteiger partial charge >= 0.3 is 5.97 Å². The summed E-state index contributed by atoms with van der Waals surface area (Å²) in [5, 5.41) is 0.541. The molecule has 0 radical (unpaired) electrons. The van der Waals surface area contributed by atoms with Crippen molar-refractivity contribution in [1.82, 2.24) is 0 Å². The second-order valence-corrected chi connectivity index (χ2v) is 12.2. The maximum absolute atomic E-state index is 12.3. The molecule has 0 atom stereocenters. The third-order valence-corrected chi connectivity index (χ3v) is 9.83. The zero-order chi connectivity index (χ0) is 15.1. The van der Waals surface area contributed by atoms with Crippen molar-refractivity contribution in [2.75, 3.05) is 7.11 Å². The molecule has 0 bridgehead atoms. The predicted octanol–water partition coefficient (Wildman–Crippen LogP) is 4.10. The molecule has 0 aromatic heterocycles. The number of methoxy groups -OCH3 is 1. The van der Waals surface area contributed by atoms with E-state index in [1.54, 1.807) is 6.26 Å². The highest BCUT2D eigenvalue weighted by Gasteiger charge is 2.62. The van der Waals surface area contributed by atoms with E-state index in [4.69, 9.17) is 9.16 Å². The molecule has 0 unspecified atom stereocenters. The van der Waals surface area contributed by atoms with Gasteiger partial charge in [-0.05, 0) is 28.6 Å². The van der Waals surface area contributed by atoms with E-state index >= 15 is 0 Å². The van der Waals surface area contributed by atoms with Crippen molar-refractivity contribution in [3.8, 4) is 0 Å². The van der Waals surface area contributed by atoms with Gasteiger partial charge < -0.3 is 9.16 Å². The quantitative estimate of drug-likeness (QED) is 0.536. The van der Waals surface area contributed by atoms with E-state index < -0.39 is 8.32 Å². The van der Waals surface area contributed by atoms with Gasteiger partial charge in [0, 0.05) is 0 Å². The molecule has 3 nitrogen and oxygen atoms in total. The lowest BCUT2D eigenvalue weighted by Crippen LogP contribution is -2.58. The highest BCUT2D eigenvalue weighted by atomic mass is 28.4. The fraction of sp³-hybridized carbons (Fsp3) is 0.667. The first-order valence-electron chi connectivity index (χ1n) is 6.63. The Morgan fingerprint density at radius 1 is 1.16 bits per heavy atom. The highest BCUT2D eigenvalue weighted by Crippen LogP contribution is 2.57. The zero-order valence-corrected chi connectivity index (χ0v) is 14.4. The summed E-state index contributed by atoms with van der Waals surface area (Å²) in [6, 6.07) is 0. The topological polar surface area (TPSA) is 35.5 Å². The summed E-state index contributed by atoms with van der Waals surface area (Å²) in [4.78, 5) is 12.3. The monoisotopic (exact) mass is 282 g/mol. The average molecular weight is 282 g/mol. The number of allylic oxidation sites excluding steroid dienone is 2. The van der Waals surface area contributed by atoms with E-state index in [0.29, 0.717) is 0 Å². The Morgan fingerprint density at radius 2 is 1.63 bits per heavy atom. The van der Waals surface area contributed by atoms with Crippen LogP contribution in [-0.2, 0) is 14.0 Å². The largest absolute Gasteiger partial charge is 0.543 e. The lowest BCUT2D eigenvalue weighted by Gasteiger charge is -2.51. The van der Waals surface area contributed by atoms with Crippen LogP contribution >= 0.6 is 0 Å². The molecule has 0 saturated carbocycles. The van der Waals surface area contributed by atoms with E-state index in [2.05, 4.69) is 41.5 Å². The Kier molecular flexibility index (Phi) is 4.06. The van der Waals surface area contributed by atoms with Gasteiger partial charge in [0.1, 0.15) is 0 Å². The van der Waals surface area contributed by atoms with E-state index in [1.807, 2.05) is 13.0 Å². The molecule has 0 amide bonds. The molecule has 1 rings (SSSR count). The number of hydrogen-bond donors (Lipinski definition) is 0. The normalized spacial score (nSPS) is 19.2. The Balaban J connectivity index is 3.65. The van der Waals surface area contributed by atoms with Gasteiger partial charge in [0.05, 0.1) is 18.6 Å². The fourth-order valence-corrected chi connectivity index (χ4v) is 9.17. The standard InChI is InChI=1S/C15H26O3Si/c1-11-9-10-18-19(14(2,3)4,15(5,6)7)12(11)13(16)17-8/h9-10H,1-8H3. The van der Waals surface area contributed by atoms with Crippen LogP contribution in [0.4, 0.5) is 0 Å². The second-order valence-electron chi connectivity index (χ2n) is 7.15. The summed E-state index contributed by atoms with van der Waals surface area (Å²) in [7, 11) is -1.11. The molecule has 19 heavy (non-hydrogen) atoms. The highest BCUT2D eigenvalue weighted by molar-refractivity contribution is 6.90. The minimum Gasteiger partial charge on any atom is -0.543 e. The van der Waals surface area contributed by atoms with Gasteiger partial charge in [-0.15, -0.1) is 0 Å². The molecule has 0 aromatic rings. The number of carbonyl (C=O) groups is 1. The summed E-state index contributed by atoms with van der Waals surface area (Å²) in [6.07, 6.45) is 3.61. The molecule has 1 aliphatic rings. The maximum Gasteiger partial charge on any atom is 0.333 e. The Bertz CT molecular complexity index is 419. The number of ether oxygens (including phenoxy) is 1. The van der Waals surface area contributed by atoms with Crippen molar-refractivity contribution in [3.63, 3.8) is 0 Å². The molecule has 0 spiro atoms. The van der Waals surface area contributed by atoms with Crippen molar-refractivity contribution >= 4 is 14.3 Å². The average Bonchev–Trinajstić information content (AvgIpc) is 2.24. The predicted molar refractivity (Wildman–Crippen MR) is 80.1 cm³/mol. The molecule has 1 heterocycles. The van der Waals surface area contributed by atoms with Crippen molar-refractivity contribution in [3.05, 3.63) is 23.1 Å². The first-order chi connectivity index (χ1) is 8.49. The number of carbonyl (C=O) groups excluding carboxylic acids is 1. The van der Waals surface area contributed by atoms with Crippen LogP contribution in [0, 0.1) is 0 Å². The van der Waals surface area contributed by atoms with Gasteiger partial charge in [-0.3, -0.25) is 0 Å². The van der Waals surface area contributed by atoms with Gasteiger partial charge in [-0.1, -0.05) is 41.5 Å². The number of esters is 1. The molecular weight excluding hydrogens is 256 g/mol. The summed E-state index contributed by atoms with van der Waals surface area (Å²) in [6.45, 7) is 14.9. The summed E-state index contributed by atoms with van der Waals surface area (Å²) in [5.41, 5.74) is 0.967. The van der Waals surface area contributed by atoms with Crippen molar-refractivity contribution in [2.45, 2.75) is 58.5 Å². The Morgan fingerprint density at radius 3 is 2.00 bits per heavy atom. The Labute approximate surface area is 117 Å². The van der Waals surface area contributed by atoms with Crippen LogP contribution in [0.1, 0.15) is 48.5 Å². The SMILES string of the molecule is COC(=O)C1=C(C)C=CO[Si]1(C(C)(C)C)C(C)(C)C. The molecule has 1 aliphatic heterocycles. The van der Waals surface area contributed by atoms with Gasteiger partial charge in [0.25, 0.3) is 8.32 Å². The lowest BCUT2D eigenvalue weighted by atomic mass is 10.2. The van der Waals surface area contributed by atoms with Gasteiger partial charge in [0.2, 0.25) is 0 Å². The van der Waals surface area contributed by atoms with Crippen LogP contribution in [0.5, 0.6) is 0 Å². The minimum atomic E-state index is -2.54. The summed E-state index contributed by atoms with van der Waals surface area (Å²) in [5.74, 6) is -0.252. The van der Waals surface area contributed by atoms with Gasteiger partial charge in [-0.25, -0.2) is 4.79 Å². The van der Waals surface area contributed by atoms with Crippen molar-refractivity contribution in [1.29, 1.82) is 0 Å². The van der Waals surface area contributed by atoms with E-state index in [9.17, 15) is 4.79 Å². The molecular formula is C15H26O3Si. The lowest BCUT2D eigenvalue weighted by molar-refractivity contribution is -0.135.